The third-order valence-corrected chi connectivity index (χ3v) is 5.12. The number of allylic oxidation sites excluding steroid dienone is 1. The van der Waals surface area contributed by atoms with Crippen molar-refractivity contribution in [1.82, 2.24) is 4.98 Å². The van der Waals surface area contributed by atoms with Crippen molar-refractivity contribution >= 4 is 28.5 Å². The molecule has 162 valence electrons. The third-order valence-electron chi connectivity index (χ3n) is 5.12. The Kier molecular flexibility index (Phi) is 5.94. The number of Topliss-reactive ketones (excluding diaryl/α,β-unsaturated/α-hetero) is 1. The summed E-state index contributed by atoms with van der Waals surface area (Å²) in [5.41, 5.74) is 3.80. The van der Waals surface area contributed by atoms with Crippen molar-refractivity contribution in [2.24, 2.45) is 0 Å². The number of ketones is 1. The van der Waals surface area contributed by atoms with Crippen molar-refractivity contribution in [3.8, 4) is 17.2 Å². The molecule has 4 rings (SSSR count). The number of para-hydroxylation sites is 2. The van der Waals surface area contributed by atoms with Gasteiger partial charge in [0.1, 0.15) is 11.3 Å². The van der Waals surface area contributed by atoms with Crippen LogP contribution in [0.25, 0.3) is 22.7 Å². The van der Waals surface area contributed by atoms with E-state index in [0.717, 1.165) is 5.56 Å². The zero-order valence-electron chi connectivity index (χ0n) is 18.3. The second-order valence-electron chi connectivity index (χ2n) is 7.19. The van der Waals surface area contributed by atoms with E-state index in [1.54, 1.807) is 51.7 Å². The van der Waals surface area contributed by atoms with Crippen LogP contribution in [-0.4, -0.2) is 32.1 Å². The largest absolute Gasteiger partial charge is 0.496 e. The minimum atomic E-state index is -0.214. The molecular formula is C26H23NO5. The lowest BCUT2D eigenvalue weighted by Crippen LogP contribution is -2.04. The van der Waals surface area contributed by atoms with E-state index < -0.39 is 0 Å². The summed E-state index contributed by atoms with van der Waals surface area (Å²) in [7, 11) is 4.66. The maximum absolute atomic E-state index is 13.5. The normalized spacial score (nSPS) is 11.4. The van der Waals surface area contributed by atoms with Crippen LogP contribution in [0.2, 0.25) is 0 Å². The lowest BCUT2D eigenvalue weighted by molar-refractivity contribution is 0.105. The highest BCUT2D eigenvalue weighted by Gasteiger charge is 2.22. The van der Waals surface area contributed by atoms with E-state index in [2.05, 4.69) is 4.98 Å². The molecule has 0 bridgehead atoms. The monoisotopic (exact) mass is 429 g/mol. The number of methoxy groups -OCH3 is 3. The summed E-state index contributed by atoms with van der Waals surface area (Å²) in [6.45, 7) is 1.97. The standard InChI is InChI=1S/C26H23NO5/c1-16-9-11-17(12-10-16)25(28)19(26-27-20-7-5-6-8-21(20)32-26)13-18-14-23(30-3)24(31-4)15-22(18)29-2/h5-15H,1-4H3/b19-13+. The number of oxazole rings is 1. The van der Waals surface area contributed by atoms with Crippen LogP contribution in [0.15, 0.2) is 65.1 Å². The maximum atomic E-state index is 13.5. The molecule has 1 aromatic heterocycles. The summed E-state index contributed by atoms with van der Waals surface area (Å²) in [5.74, 6) is 1.57. The first kappa shape index (κ1) is 21.2. The fourth-order valence-corrected chi connectivity index (χ4v) is 3.39. The van der Waals surface area contributed by atoms with Gasteiger partial charge in [-0.3, -0.25) is 4.79 Å². The zero-order valence-corrected chi connectivity index (χ0v) is 18.3. The van der Waals surface area contributed by atoms with Crippen molar-refractivity contribution in [3.05, 3.63) is 83.2 Å². The molecule has 0 saturated heterocycles. The molecular weight excluding hydrogens is 406 g/mol. The van der Waals surface area contributed by atoms with E-state index in [4.69, 9.17) is 18.6 Å². The molecule has 1 heterocycles. The molecule has 0 radical (unpaired) electrons. The summed E-state index contributed by atoms with van der Waals surface area (Å²) in [4.78, 5) is 18.1. The minimum Gasteiger partial charge on any atom is -0.496 e. The molecule has 32 heavy (non-hydrogen) atoms. The smallest absolute Gasteiger partial charge is 0.231 e. The Hall–Kier alpha value is -4.06. The van der Waals surface area contributed by atoms with Crippen LogP contribution in [0, 0.1) is 6.92 Å². The molecule has 0 atom stereocenters. The predicted molar refractivity (Wildman–Crippen MR) is 123 cm³/mol. The highest BCUT2D eigenvalue weighted by molar-refractivity contribution is 6.31. The number of carbonyl (C=O) groups excluding carboxylic acids is 1. The molecule has 0 aliphatic heterocycles. The van der Waals surface area contributed by atoms with Gasteiger partial charge >= 0.3 is 0 Å². The number of hydrogen-bond donors (Lipinski definition) is 0. The summed E-state index contributed by atoms with van der Waals surface area (Å²) in [6.07, 6.45) is 1.70. The maximum Gasteiger partial charge on any atom is 0.231 e. The van der Waals surface area contributed by atoms with Crippen LogP contribution >= 0.6 is 0 Å². The van der Waals surface area contributed by atoms with Gasteiger partial charge in [0.2, 0.25) is 5.89 Å². The first-order valence-electron chi connectivity index (χ1n) is 10.0. The number of fused-ring (bicyclic) bond motifs is 1. The fourth-order valence-electron chi connectivity index (χ4n) is 3.39. The number of nitrogens with zero attached hydrogens (tertiary/aromatic N) is 1. The Morgan fingerprint density at radius 1 is 0.875 bits per heavy atom. The Balaban J connectivity index is 1.92. The van der Waals surface area contributed by atoms with Gasteiger partial charge in [-0.2, -0.15) is 0 Å². The number of hydrogen-bond acceptors (Lipinski definition) is 6. The average Bonchev–Trinajstić information content (AvgIpc) is 3.26. The zero-order chi connectivity index (χ0) is 22.7. The quantitative estimate of drug-likeness (QED) is 0.282. The molecule has 0 spiro atoms. The van der Waals surface area contributed by atoms with Crippen molar-refractivity contribution < 1.29 is 23.4 Å². The molecule has 6 nitrogen and oxygen atoms in total. The van der Waals surface area contributed by atoms with E-state index in [9.17, 15) is 4.79 Å². The predicted octanol–water partition coefficient (Wildman–Crippen LogP) is 5.59. The van der Waals surface area contributed by atoms with Crippen LogP contribution in [0.1, 0.15) is 27.4 Å². The van der Waals surface area contributed by atoms with Gasteiger partial charge in [-0.1, -0.05) is 42.0 Å². The van der Waals surface area contributed by atoms with Crippen molar-refractivity contribution in [2.45, 2.75) is 6.92 Å². The third kappa shape index (κ3) is 4.07. The number of benzene rings is 3. The van der Waals surface area contributed by atoms with Crippen LogP contribution in [0.3, 0.4) is 0 Å². The van der Waals surface area contributed by atoms with E-state index in [0.29, 0.717) is 45.0 Å². The molecule has 0 amide bonds. The van der Waals surface area contributed by atoms with Gasteiger partial charge in [0, 0.05) is 17.2 Å². The van der Waals surface area contributed by atoms with Crippen LogP contribution < -0.4 is 14.2 Å². The summed E-state index contributed by atoms with van der Waals surface area (Å²) < 4.78 is 22.3. The van der Waals surface area contributed by atoms with Gasteiger partial charge in [0.25, 0.3) is 0 Å². The van der Waals surface area contributed by atoms with Crippen molar-refractivity contribution in [1.29, 1.82) is 0 Å². The van der Waals surface area contributed by atoms with E-state index in [1.807, 2.05) is 43.3 Å². The van der Waals surface area contributed by atoms with Crippen molar-refractivity contribution in [2.75, 3.05) is 21.3 Å². The Bertz CT molecular complexity index is 1270. The Labute approximate surface area is 186 Å². The molecule has 0 N–H and O–H groups in total. The SMILES string of the molecule is COc1cc(OC)c(OC)cc1/C=C(\C(=O)c1ccc(C)cc1)c1nc2ccccc2o1. The highest BCUT2D eigenvalue weighted by atomic mass is 16.5. The number of aromatic nitrogens is 1. The number of ether oxygens (including phenoxy) is 3. The summed E-state index contributed by atoms with van der Waals surface area (Å²) >= 11 is 0. The van der Waals surface area contributed by atoms with E-state index in [-0.39, 0.29) is 11.7 Å². The Morgan fingerprint density at radius 3 is 2.19 bits per heavy atom. The van der Waals surface area contributed by atoms with Gasteiger partial charge in [0.15, 0.2) is 22.9 Å². The average molecular weight is 429 g/mol. The molecule has 0 aliphatic carbocycles. The number of aryl methyl sites for hydroxylation is 1. The van der Waals surface area contributed by atoms with E-state index in [1.165, 1.54) is 0 Å². The molecule has 0 fully saturated rings. The number of rotatable bonds is 7. The van der Waals surface area contributed by atoms with Crippen molar-refractivity contribution in [3.63, 3.8) is 0 Å². The van der Waals surface area contributed by atoms with Gasteiger partial charge in [0.05, 0.1) is 26.9 Å². The molecule has 6 heteroatoms. The second kappa shape index (κ2) is 8.98. The first-order chi connectivity index (χ1) is 15.5. The summed E-state index contributed by atoms with van der Waals surface area (Å²) in [5, 5.41) is 0. The molecule has 0 aliphatic rings. The molecule has 0 unspecified atom stereocenters. The lowest BCUT2D eigenvalue weighted by atomic mass is 9.99. The molecule has 4 aromatic rings. The van der Waals surface area contributed by atoms with Gasteiger partial charge in [-0.05, 0) is 31.2 Å². The van der Waals surface area contributed by atoms with Gasteiger partial charge in [-0.15, -0.1) is 0 Å². The van der Waals surface area contributed by atoms with Crippen LogP contribution in [0.4, 0.5) is 0 Å². The minimum absolute atomic E-state index is 0.214. The second-order valence-corrected chi connectivity index (χ2v) is 7.19. The molecule has 0 saturated carbocycles. The highest BCUT2D eigenvalue weighted by Crippen LogP contribution is 2.37. The Morgan fingerprint density at radius 2 is 1.53 bits per heavy atom. The first-order valence-corrected chi connectivity index (χ1v) is 10.0. The topological polar surface area (TPSA) is 70.8 Å². The van der Waals surface area contributed by atoms with Gasteiger partial charge < -0.3 is 18.6 Å². The van der Waals surface area contributed by atoms with Crippen LogP contribution in [-0.2, 0) is 0 Å². The summed E-state index contributed by atoms with van der Waals surface area (Å²) in [6, 6.07) is 18.2. The molecule has 3 aromatic carbocycles. The van der Waals surface area contributed by atoms with Gasteiger partial charge in [-0.25, -0.2) is 4.98 Å². The number of carbonyl (C=O) groups is 1. The fraction of sp³-hybridized carbons (Fsp3) is 0.154. The van der Waals surface area contributed by atoms with E-state index >= 15 is 0 Å². The lowest BCUT2D eigenvalue weighted by Gasteiger charge is -2.13. The van der Waals surface area contributed by atoms with Crippen LogP contribution in [0.5, 0.6) is 17.2 Å².